The lowest BCUT2D eigenvalue weighted by molar-refractivity contribution is -0.238. The van der Waals surface area contributed by atoms with Gasteiger partial charge in [0.25, 0.3) is 0 Å². The molecule has 1 aromatic rings. The van der Waals surface area contributed by atoms with E-state index < -0.39 is 16.6 Å². The van der Waals surface area contributed by atoms with Gasteiger partial charge >= 0.3 is 0 Å². The summed E-state index contributed by atoms with van der Waals surface area (Å²) in [7, 11) is 1.65. The molecule has 4 aliphatic rings. The Morgan fingerprint density at radius 3 is 2.50 bits per heavy atom. The second-order valence-corrected chi connectivity index (χ2v) is 11.3. The molecule has 4 nitrogen and oxygen atoms in total. The molecule has 166 valence electrons. The number of aliphatic hydroxyl groups is 3. The molecule has 0 radical (unpaired) electrons. The molecule has 0 spiro atoms. The number of hydrogen-bond donors (Lipinski definition) is 3. The molecule has 30 heavy (non-hydrogen) atoms. The molecule has 4 heteroatoms. The number of fused-ring (bicyclic) bond motifs is 5. The molecule has 0 saturated heterocycles. The van der Waals surface area contributed by atoms with E-state index in [1.54, 1.807) is 7.11 Å². The lowest BCUT2D eigenvalue weighted by Gasteiger charge is -2.64. The summed E-state index contributed by atoms with van der Waals surface area (Å²) in [5.74, 6) is 2.03. The molecular weight excluding hydrogens is 376 g/mol. The third-order valence-electron chi connectivity index (χ3n) is 10.5. The summed E-state index contributed by atoms with van der Waals surface area (Å²) in [5.41, 5.74) is -1.38. The molecule has 3 N–H and O–H groups in total. The van der Waals surface area contributed by atoms with Crippen molar-refractivity contribution in [2.24, 2.45) is 28.6 Å². The highest BCUT2D eigenvalue weighted by molar-refractivity contribution is 5.37. The minimum Gasteiger partial charge on any atom is -0.497 e. The van der Waals surface area contributed by atoms with Crippen LogP contribution in [0.3, 0.4) is 0 Å². The smallest absolute Gasteiger partial charge is 0.119 e. The van der Waals surface area contributed by atoms with Gasteiger partial charge in [-0.15, -0.1) is 0 Å². The molecule has 0 heterocycles. The van der Waals surface area contributed by atoms with Gasteiger partial charge < -0.3 is 20.1 Å². The first kappa shape index (κ1) is 20.8. The zero-order valence-electron chi connectivity index (χ0n) is 18.7. The highest BCUT2D eigenvalue weighted by Gasteiger charge is 2.72. The van der Waals surface area contributed by atoms with Gasteiger partial charge in [-0.2, -0.15) is 0 Å². The molecule has 8 atom stereocenters. The van der Waals surface area contributed by atoms with Crippen LogP contribution in [0.4, 0.5) is 0 Å². The van der Waals surface area contributed by atoms with Crippen molar-refractivity contribution in [1.29, 1.82) is 0 Å². The minimum absolute atomic E-state index is 0.152. The summed E-state index contributed by atoms with van der Waals surface area (Å²) in [6.07, 6.45) is 7.96. The summed E-state index contributed by atoms with van der Waals surface area (Å²) in [4.78, 5) is 0. The number of benzene rings is 1. The van der Waals surface area contributed by atoms with Crippen molar-refractivity contribution in [2.45, 2.75) is 88.9 Å². The summed E-state index contributed by atoms with van der Waals surface area (Å²) in [6, 6.07) is 7.79. The van der Waals surface area contributed by atoms with E-state index in [9.17, 15) is 15.3 Å². The van der Waals surface area contributed by atoms with Gasteiger partial charge in [-0.25, -0.2) is 0 Å². The van der Waals surface area contributed by atoms with Gasteiger partial charge in [0.15, 0.2) is 0 Å². The van der Waals surface area contributed by atoms with Gasteiger partial charge in [-0.1, -0.05) is 26.0 Å². The van der Waals surface area contributed by atoms with E-state index >= 15 is 0 Å². The Balaban J connectivity index is 1.52. The second-order valence-electron chi connectivity index (χ2n) is 11.3. The fourth-order valence-electron chi connectivity index (χ4n) is 8.56. The molecule has 0 aromatic heterocycles. The van der Waals surface area contributed by atoms with E-state index in [0.717, 1.165) is 56.3 Å². The number of ether oxygens (including phenoxy) is 1. The van der Waals surface area contributed by atoms with Crippen molar-refractivity contribution < 1.29 is 20.1 Å². The Hall–Kier alpha value is -1.10. The molecule has 4 fully saturated rings. The quantitative estimate of drug-likeness (QED) is 0.671. The molecule has 4 saturated carbocycles. The maximum Gasteiger partial charge on any atom is 0.119 e. The van der Waals surface area contributed by atoms with Crippen LogP contribution in [0.2, 0.25) is 0 Å². The fraction of sp³-hybridized carbons (Fsp3) is 0.769. The molecule has 0 amide bonds. The van der Waals surface area contributed by atoms with Crippen LogP contribution in [0.5, 0.6) is 5.75 Å². The van der Waals surface area contributed by atoms with Crippen molar-refractivity contribution in [3.05, 3.63) is 29.8 Å². The first-order valence-electron chi connectivity index (χ1n) is 12.0. The second kappa shape index (κ2) is 6.70. The molecule has 4 aliphatic carbocycles. The Morgan fingerprint density at radius 2 is 1.73 bits per heavy atom. The number of rotatable bonds is 2. The molecule has 3 unspecified atom stereocenters. The van der Waals surface area contributed by atoms with Crippen molar-refractivity contribution in [1.82, 2.24) is 0 Å². The Bertz CT molecular complexity index is 825. The van der Waals surface area contributed by atoms with Crippen molar-refractivity contribution >= 4 is 0 Å². The van der Waals surface area contributed by atoms with Gasteiger partial charge in [0.05, 0.1) is 24.4 Å². The topological polar surface area (TPSA) is 69.9 Å². The van der Waals surface area contributed by atoms with Gasteiger partial charge in [-0.05, 0) is 98.7 Å². The monoisotopic (exact) mass is 414 g/mol. The first-order chi connectivity index (χ1) is 14.2. The standard InChI is InChI=1S/C26H38O4/c1-23-11-9-19(27)15-17(23)7-8-22-21(23)10-12-24(2)25(28,13-14-26(22,24)29)18-5-4-6-20(16-18)30-3/h4-6,16-17,19,21-22,27-29H,7-15H2,1-3H3/t17?,19?,21-,22-,23+,24-,25?,26-/m1/s1. The van der Waals surface area contributed by atoms with Crippen molar-refractivity contribution in [3.63, 3.8) is 0 Å². The molecule has 1 aromatic carbocycles. The number of methoxy groups -OCH3 is 1. The molecule has 0 bridgehead atoms. The first-order valence-corrected chi connectivity index (χ1v) is 12.0. The maximum absolute atomic E-state index is 12.3. The molecule has 5 rings (SSSR count). The average Bonchev–Trinajstić information content (AvgIpc) is 2.96. The zero-order valence-corrected chi connectivity index (χ0v) is 18.7. The summed E-state index contributed by atoms with van der Waals surface area (Å²) in [6.45, 7) is 4.56. The van der Waals surface area contributed by atoms with E-state index in [1.165, 1.54) is 0 Å². The van der Waals surface area contributed by atoms with E-state index in [0.29, 0.717) is 24.7 Å². The maximum atomic E-state index is 12.3. The zero-order chi connectivity index (χ0) is 21.4. The van der Waals surface area contributed by atoms with Gasteiger partial charge in [-0.3, -0.25) is 0 Å². The highest BCUT2D eigenvalue weighted by Crippen LogP contribution is 2.71. The SMILES string of the molecule is COc1cccc(C2(O)CC[C@@]3(O)[C@@H]4CCC5CC(O)CC[C@]5(C)[C@@H]4CC[C@]23C)c1. The van der Waals surface area contributed by atoms with E-state index in [2.05, 4.69) is 13.8 Å². The summed E-state index contributed by atoms with van der Waals surface area (Å²) < 4.78 is 5.43. The van der Waals surface area contributed by atoms with E-state index in [-0.39, 0.29) is 17.4 Å². The normalized spacial score (nSPS) is 50.3. The van der Waals surface area contributed by atoms with Gasteiger partial charge in [0.1, 0.15) is 5.75 Å². The number of aliphatic hydroxyl groups excluding tert-OH is 1. The largest absolute Gasteiger partial charge is 0.497 e. The average molecular weight is 415 g/mol. The van der Waals surface area contributed by atoms with E-state index in [4.69, 9.17) is 4.74 Å². The van der Waals surface area contributed by atoms with Crippen LogP contribution < -0.4 is 4.74 Å². The van der Waals surface area contributed by atoms with Crippen LogP contribution in [-0.4, -0.2) is 34.1 Å². The van der Waals surface area contributed by atoms with Crippen LogP contribution in [-0.2, 0) is 5.60 Å². The van der Waals surface area contributed by atoms with Crippen LogP contribution in [0, 0.1) is 28.6 Å². The predicted octanol–water partition coefficient (Wildman–Crippen LogP) is 4.40. The summed E-state index contributed by atoms with van der Waals surface area (Å²) >= 11 is 0. The predicted molar refractivity (Wildman–Crippen MR) is 116 cm³/mol. The number of hydrogen-bond acceptors (Lipinski definition) is 4. The lowest BCUT2D eigenvalue weighted by Crippen LogP contribution is -2.64. The Kier molecular flexibility index (Phi) is 4.64. The molecular formula is C26H38O4. The van der Waals surface area contributed by atoms with E-state index in [1.807, 2.05) is 24.3 Å². The van der Waals surface area contributed by atoms with Crippen molar-refractivity contribution in [2.75, 3.05) is 7.11 Å². The van der Waals surface area contributed by atoms with Gasteiger partial charge in [0.2, 0.25) is 0 Å². The van der Waals surface area contributed by atoms with Crippen LogP contribution in [0.15, 0.2) is 24.3 Å². The van der Waals surface area contributed by atoms with Crippen LogP contribution in [0.1, 0.15) is 77.2 Å². The molecule has 0 aliphatic heterocycles. The summed E-state index contributed by atoms with van der Waals surface area (Å²) in [5, 5.41) is 34.6. The minimum atomic E-state index is -1.04. The highest BCUT2D eigenvalue weighted by atomic mass is 16.5. The third-order valence-corrected chi connectivity index (χ3v) is 10.5. The Labute approximate surface area is 180 Å². The third kappa shape index (κ3) is 2.50. The Morgan fingerprint density at radius 1 is 0.933 bits per heavy atom. The van der Waals surface area contributed by atoms with Gasteiger partial charge in [0, 0.05) is 5.41 Å². The van der Waals surface area contributed by atoms with Crippen LogP contribution >= 0.6 is 0 Å². The lowest BCUT2D eigenvalue weighted by atomic mass is 9.43. The van der Waals surface area contributed by atoms with Crippen molar-refractivity contribution in [3.8, 4) is 5.75 Å². The fourth-order valence-corrected chi connectivity index (χ4v) is 8.56. The van der Waals surface area contributed by atoms with Crippen LogP contribution in [0.25, 0.3) is 0 Å².